The van der Waals surface area contributed by atoms with Gasteiger partial charge in [0.25, 0.3) is 0 Å². The largest absolute Gasteiger partial charge is 0.379 e. The molecule has 0 saturated carbocycles. The van der Waals surface area contributed by atoms with E-state index in [2.05, 4.69) is 0 Å². The smallest absolute Gasteiger partial charge is 0.336 e. The Hall–Kier alpha value is -0.250. The molecule has 0 aliphatic carbocycles. The van der Waals surface area contributed by atoms with Crippen LogP contribution in [0.3, 0.4) is 0 Å². The summed E-state index contributed by atoms with van der Waals surface area (Å²) in [7, 11) is -3.97. The molecule has 0 spiro atoms. The molecule has 0 bridgehead atoms. The molecule has 1 fully saturated rings. The van der Waals surface area contributed by atoms with E-state index in [0.717, 1.165) is 4.31 Å². The van der Waals surface area contributed by atoms with Crippen LogP contribution < -0.4 is 0 Å². The van der Waals surface area contributed by atoms with Crippen molar-refractivity contribution in [1.82, 2.24) is 4.31 Å². The van der Waals surface area contributed by atoms with Gasteiger partial charge in [0.2, 0.25) is 0 Å². The minimum Gasteiger partial charge on any atom is -0.379 e. The summed E-state index contributed by atoms with van der Waals surface area (Å²) in [6, 6.07) is 0. The van der Waals surface area contributed by atoms with E-state index in [1.807, 2.05) is 0 Å². The number of rotatable bonds is 1. The van der Waals surface area contributed by atoms with Crippen molar-refractivity contribution in [2.45, 2.75) is 0 Å². The molecule has 0 aromatic rings. The van der Waals surface area contributed by atoms with E-state index >= 15 is 0 Å². The second-order valence-corrected chi connectivity index (χ2v) is 3.40. The molecule has 1 saturated heterocycles. The summed E-state index contributed by atoms with van der Waals surface area (Å²) in [6.07, 6.45) is 0. The van der Waals surface area contributed by atoms with Gasteiger partial charge < -0.3 is 4.74 Å². The van der Waals surface area contributed by atoms with Crippen LogP contribution >= 0.6 is 0 Å². The summed E-state index contributed by atoms with van der Waals surface area (Å²) in [6.45, 7) is 1.22. The first kappa shape index (κ1) is 14.3. The van der Waals surface area contributed by atoms with Crippen molar-refractivity contribution >= 4 is 10.3 Å². The lowest BCUT2D eigenvalue weighted by molar-refractivity contribution is 0.0693. The van der Waals surface area contributed by atoms with E-state index in [0.29, 0.717) is 13.2 Å². The molecule has 72 valence electrons. The Bertz CT molecular complexity index is 196. The molecule has 0 aromatic heterocycles. The summed E-state index contributed by atoms with van der Waals surface area (Å²) in [4.78, 5) is 0. The average Bonchev–Trinajstić information content (AvgIpc) is 1.88. The van der Waals surface area contributed by atoms with Gasteiger partial charge in [0, 0.05) is 24.0 Å². The molecular formula is C4H9NO6S. The lowest BCUT2D eigenvalue weighted by Crippen LogP contribution is -2.40. The molecule has 8 heteroatoms. The second-order valence-electron chi connectivity index (χ2n) is 1.99. The minimum absolute atomic E-state index is 0. The predicted octanol–water partition coefficient (Wildman–Crippen LogP) is -1.12. The predicted molar refractivity (Wildman–Crippen MR) is 35.3 cm³/mol. The highest BCUT2D eigenvalue weighted by Crippen LogP contribution is 2.00. The molecule has 1 aliphatic heterocycles. The lowest BCUT2D eigenvalue weighted by atomic mass is 10.5. The van der Waals surface area contributed by atoms with Crippen LogP contribution in [-0.4, -0.2) is 43.6 Å². The number of hydrogen-bond donors (Lipinski definition) is 1. The number of hydrogen-bond acceptors (Lipinski definition) is 3. The molecule has 0 aromatic carbocycles. The summed E-state index contributed by atoms with van der Waals surface area (Å²) in [5.41, 5.74) is 0. The van der Waals surface area contributed by atoms with Gasteiger partial charge in [-0.25, -0.2) is 0 Å². The fourth-order valence-corrected chi connectivity index (χ4v) is 1.39. The van der Waals surface area contributed by atoms with E-state index in [1.165, 1.54) is 0 Å². The first-order valence-corrected chi connectivity index (χ1v) is 4.31. The Morgan fingerprint density at radius 2 is 1.58 bits per heavy atom. The zero-order chi connectivity index (χ0) is 7.61. The number of nitrogens with zero attached hydrogens (tertiary/aromatic N) is 1. The maximum absolute atomic E-state index is 10.4. The monoisotopic (exact) mass is 199 g/mol. The van der Waals surface area contributed by atoms with Crippen LogP contribution in [0, 0.1) is 0 Å². The molecule has 12 heavy (non-hydrogen) atoms. The molecule has 1 aliphatic rings. The Kier molecular flexibility index (Phi) is 6.43. The Morgan fingerprint density at radius 1 is 1.17 bits per heavy atom. The second kappa shape index (κ2) is 5.41. The molecule has 1 heterocycles. The van der Waals surface area contributed by atoms with Gasteiger partial charge in [0.05, 0.1) is 13.2 Å². The Morgan fingerprint density at radius 3 is 1.83 bits per heavy atom. The van der Waals surface area contributed by atoms with Crippen LogP contribution in [-0.2, 0) is 26.0 Å². The van der Waals surface area contributed by atoms with Crippen LogP contribution in [0.15, 0.2) is 0 Å². The zero-order valence-electron chi connectivity index (χ0n) is 6.17. The van der Waals surface area contributed by atoms with Crippen LogP contribution in [0.2, 0.25) is 0 Å². The topological polar surface area (TPSA) is 124 Å². The van der Waals surface area contributed by atoms with E-state index in [4.69, 9.17) is 9.29 Å². The fraction of sp³-hybridized carbons (Fsp3) is 1.00. The quantitative estimate of drug-likeness (QED) is 0.537. The maximum atomic E-state index is 10.4. The third kappa shape index (κ3) is 3.95. The van der Waals surface area contributed by atoms with Crippen molar-refractivity contribution in [3.8, 4) is 0 Å². The third-order valence-corrected chi connectivity index (χ3v) is 2.31. The zero-order valence-corrected chi connectivity index (χ0v) is 6.99. The molecule has 0 amide bonds. The Labute approximate surface area is 70.4 Å². The van der Waals surface area contributed by atoms with Crippen molar-refractivity contribution in [2.24, 2.45) is 0 Å². The third-order valence-electron chi connectivity index (χ3n) is 1.30. The lowest BCUT2D eigenvalue weighted by Gasteiger charge is -2.22. The van der Waals surface area contributed by atoms with Crippen molar-refractivity contribution < 1.29 is 28.7 Å². The van der Waals surface area contributed by atoms with Crippen molar-refractivity contribution in [1.29, 1.82) is 0 Å². The molecule has 0 unspecified atom stereocenters. The van der Waals surface area contributed by atoms with Crippen LogP contribution in [0.5, 0.6) is 0 Å². The molecule has 1 N–H and O–H groups in total. The van der Waals surface area contributed by atoms with Crippen molar-refractivity contribution in [3.05, 3.63) is 0 Å². The standard InChI is InChI=1S/C4H9NO4S.2O/c6-10(7,8)5-1-3-9-4-2-5;;/h1-4H2,(H,6,7,8);;. The van der Waals surface area contributed by atoms with Crippen molar-refractivity contribution in [3.63, 3.8) is 0 Å². The van der Waals surface area contributed by atoms with E-state index < -0.39 is 10.3 Å². The van der Waals surface area contributed by atoms with Gasteiger partial charge >= 0.3 is 10.3 Å². The van der Waals surface area contributed by atoms with E-state index in [-0.39, 0.29) is 24.0 Å². The first-order valence-electron chi connectivity index (χ1n) is 2.91. The summed E-state index contributed by atoms with van der Waals surface area (Å²) < 4.78 is 35.2. The maximum Gasteiger partial charge on any atom is 0.336 e. The van der Waals surface area contributed by atoms with Crippen LogP contribution in [0.1, 0.15) is 0 Å². The summed E-state index contributed by atoms with van der Waals surface area (Å²) in [5, 5.41) is 0. The van der Waals surface area contributed by atoms with Gasteiger partial charge in [-0.1, -0.05) is 0 Å². The van der Waals surface area contributed by atoms with Gasteiger partial charge in [0.15, 0.2) is 0 Å². The van der Waals surface area contributed by atoms with Gasteiger partial charge in [-0.05, 0) is 0 Å². The highest BCUT2D eigenvalue weighted by Gasteiger charge is 2.20. The highest BCUT2D eigenvalue weighted by molar-refractivity contribution is 7.83. The first-order chi connectivity index (χ1) is 4.61. The average molecular weight is 199 g/mol. The summed E-state index contributed by atoms with van der Waals surface area (Å²) in [5.74, 6) is 0. The number of morpholine rings is 1. The molecule has 1 rings (SSSR count). The van der Waals surface area contributed by atoms with Crippen LogP contribution in [0.4, 0.5) is 0 Å². The molecule has 0 atom stereocenters. The van der Waals surface area contributed by atoms with E-state index in [9.17, 15) is 8.42 Å². The van der Waals surface area contributed by atoms with Gasteiger partial charge in [-0.2, -0.15) is 12.7 Å². The highest BCUT2D eigenvalue weighted by atomic mass is 32.2. The number of ether oxygens (including phenoxy) is 1. The normalized spacial score (nSPS) is 19.1. The summed E-state index contributed by atoms with van der Waals surface area (Å²) >= 11 is 0. The van der Waals surface area contributed by atoms with Gasteiger partial charge in [-0.3, -0.25) is 4.55 Å². The van der Waals surface area contributed by atoms with Gasteiger partial charge in [-0.15, -0.1) is 0 Å². The van der Waals surface area contributed by atoms with E-state index in [1.54, 1.807) is 0 Å². The van der Waals surface area contributed by atoms with Gasteiger partial charge in [0.1, 0.15) is 0 Å². The SMILES string of the molecule is O=S(=O)(O)N1CCOCC1.[O].[O]. The van der Waals surface area contributed by atoms with Crippen LogP contribution in [0.25, 0.3) is 0 Å². The van der Waals surface area contributed by atoms with Crippen molar-refractivity contribution in [2.75, 3.05) is 26.3 Å². The molecule has 7 nitrogen and oxygen atoms in total. The Balaban J connectivity index is 0. The molecule has 4 radical (unpaired) electrons. The minimum atomic E-state index is -3.97. The molecular weight excluding hydrogens is 190 g/mol. The fourth-order valence-electron chi connectivity index (χ4n) is 0.777.